The van der Waals surface area contributed by atoms with Crippen molar-refractivity contribution < 1.29 is 14.3 Å². The molecule has 1 heterocycles. The smallest absolute Gasteiger partial charge is 0.221 e. The number of likely N-dealkylation sites (N-methyl/N-ethyl adjacent to an activating group) is 1. The van der Waals surface area contributed by atoms with Crippen molar-refractivity contribution in [2.24, 2.45) is 0 Å². The van der Waals surface area contributed by atoms with E-state index >= 15 is 0 Å². The van der Waals surface area contributed by atoms with Gasteiger partial charge in [-0.2, -0.15) is 0 Å². The van der Waals surface area contributed by atoms with Crippen molar-refractivity contribution in [1.82, 2.24) is 10.2 Å². The summed E-state index contributed by atoms with van der Waals surface area (Å²) in [5, 5.41) is 6.10. The summed E-state index contributed by atoms with van der Waals surface area (Å²) >= 11 is 0. The first-order chi connectivity index (χ1) is 10.1. The molecule has 0 atom stereocenters. The molecule has 6 heteroatoms. The minimum atomic E-state index is 0.0573. The number of hydrogen-bond acceptors (Lipinski definition) is 5. The van der Waals surface area contributed by atoms with Crippen LogP contribution in [0.1, 0.15) is 6.42 Å². The molecule has 0 saturated carbocycles. The monoisotopic (exact) mass is 293 g/mol. The number of hydrogen-bond donors (Lipinski definition) is 2. The summed E-state index contributed by atoms with van der Waals surface area (Å²) in [7, 11) is 3.96. The molecule has 0 radical (unpaired) electrons. The molecule has 1 aliphatic heterocycles. The predicted molar refractivity (Wildman–Crippen MR) is 82.1 cm³/mol. The van der Waals surface area contributed by atoms with Crippen molar-refractivity contribution in [3.8, 4) is 11.5 Å². The second-order valence-corrected chi connectivity index (χ2v) is 5.19. The molecule has 1 aromatic carbocycles. The molecule has 1 aliphatic rings. The normalized spacial score (nSPS) is 13.1. The molecule has 1 amide bonds. The first-order valence-electron chi connectivity index (χ1n) is 7.20. The van der Waals surface area contributed by atoms with E-state index in [2.05, 4.69) is 10.6 Å². The van der Waals surface area contributed by atoms with Gasteiger partial charge in [0.2, 0.25) is 5.91 Å². The molecule has 0 aliphatic carbocycles. The number of anilines is 1. The molecule has 0 unspecified atom stereocenters. The number of nitrogens with zero attached hydrogens (tertiary/aromatic N) is 1. The van der Waals surface area contributed by atoms with Gasteiger partial charge in [-0.05, 0) is 26.2 Å². The van der Waals surface area contributed by atoms with Gasteiger partial charge in [0.05, 0.1) is 0 Å². The maximum absolute atomic E-state index is 11.6. The van der Waals surface area contributed by atoms with Crippen molar-refractivity contribution in [3.63, 3.8) is 0 Å². The van der Waals surface area contributed by atoms with Crippen LogP contribution in [0.25, 0.3) is 0 Å². The molecule has 21 heavy (non-hydrogen) atoms. The van der Waals surface area contributed by atoms with Crippen LogP contribution in [0.4, 0.5) is 5.69 Å². The van der Waals surface area contributed by atoms with Crippen LogP contribution in [0.5, 0.6) is 11.5 Å². The van der Waals surface area contributed by atoms with Crippen LogP contribution in [-0.2, 0) is 4.79 Å². The fraction of sp³-hybridized carbons (Fsp3) is 0.533. The van der Waals surface area contributed by atoms with Crippen molar-refractivity contribution in [1.29, 1.82) is 0 Å². The Morgan fingerprint density at radius 1 is 1.19 bits per heavy atom. The second-order valence-electron chi connectivity index (χ2n) is 5.19. The molecule has 0 spiro atoms. The van der Waals surface area contributed by atoms with E-state index in [4.69, 9.17) is 9.47 Å². The van der Waals surface area contributed by atoms with Gasteiger partial charge < -0.3 is 25.0 Å². The van der Waals surface area contributed by atoms with Crippen molar-refractivity contribution >= 4 is 11.6 Å². The van der Waals surface area contributed by atoms with Crippen molar-refractivity contribution in [2.75, 3.05) is 52.3 Å². The second kappa shape index (κ2) is 7.73. The zero-order valence-electron chi connectivity index (χ0n) is 12.6. The van der Waals surface area contributed by atoms with Gasteiger partial charge in [0, 0.05) is 37.8 Å². The number of amides is 1. The molecule has 0 bridgehead atoms. The number of carbonyl (C=O) groups excluding carboxylic acids is 1. The summed E-state index contributed by atoms with van der Waals surface area (Å²) in [6.45, 7) is 3.28. The average Bonchev–Trinajstić information content (AvgIpc) is 2.47. The van der Waals surface area contributed by atoms with Gasteiger partial charge in [0.1, 0.15) is 13.2 Å². The Kier molecular flexibility index (Phi) is 5.68. The van der Waals surface area contributed by atoms with E-state index in [1.165, 1.54) is 0 Å². The van der Waals surface area contributed by atoms with Crippen LogP contribution < -0.4 is 20.1 Å². The number of fused-ring (bicyclic) bond motifs is 1. The fourth-order valence-electron chi connectivity index (χ4n) is 1.98. The Morgan fingerprint density at radius 3 is 2.71 bits per heavy atom. The minimum absolute atomic E-state index is 0.0573. The third-order valence-corrected chi connectivity index (χ3v) is 3.10. The van der Waals surface area contributed by atoms with Crippen molar-refractivity contribution in [2.45, 2.75) is 6.42 Å². The highest BCUT2D eigenvalue weighted by Crippen LogP contribution is 2.32. The van der Waals surface area contributed by atoms with E-state index in [1.54, 1.807) is 0 Å². The van der Waals surface area contributed by atoms with E-state index in [0.29, 0.717) is 32.7 Å². The van der Waals surface area contributed by atoms with Crippen LogP contribution in [0.15, 0.2) is 18.2 Å². The third kappa shape index (κ3) is 5.15. The Hall–Kier alpha value is -1.95. The molecule has 6 nitrogen and oxygen atoms in total. The van der Waals surface area contributed by atoms with Crippen LogP contribution in [0, 0.1) is 0 Å². The van der Waals surface area contributed by atoms with Gasteiger partial charge in [0.25, 0.3) is 0 Å². The van der Waals surface area contributed by atoms with Gasteiger partial charge in [-0.1, -0.05) is 0 Å². The highest BCUT2D eigenvalue weighted by atomic mass is 16.6. The lowest BCUT2D eigenvalue weighted by molar-refractivity contribution is -0.120. The molecule has 2 N–H and O–H groups in total. The summed E-state index contributed by atoms with van der Waals surface area (Å²) in [5.74, 6) is 1.58. The lowest BCUT2D eigenvalue weighted by Gasteiger charge is -2.19. The summed E-state index contributed by atoms with van der Waals surface area (Å²) < 4.78 is 11.0. The molecule has 0 fully saturated rings. The Morgan fingerprint density at radius 2 is 1.95 bits per heavy atom. The van der Waals surface area contributed by atoms with Gasteiger partial charge in [-0.15, -0.1) is 0 Å². The summed E-state index contributed by atoms with van der Waals surface area (Å²) in [4.78, 5) is 13.7. The van der Waals surface area contributed by atoms with E-state index in [-0.39, 0.29) is 5.91 Å². The van der Waals surface area contributed by atoms with Crippen LogP contribution >= 0.6 is 0 Å². The SMILES string of the molecule is CN(C)CCNC(=O)CCNc1ccc2c(c1)OCCO2. The Bertz CT molecular complexity index is 477. The molecule has 0 saturated heterocycles. The van der Waals surface area contributed by atoms with Crippen LogP contribution in [-0.4, -0.2) is 57.8 Å². The van der Waals surface area contributed by atoms with E-state index < -0.39 is 0 Å². The standard InChI is InChI=1S/C15H23N3O3/c1-18(2)8-7-17-15(19)5-6-16-12-3-4-13-14(11-12)21-10-9-20-13/h3-4,11,16H,5-10H2,1-2H3,(H,17,19). The van der Waals surface area contributed by atoms with E-state index in [1.807, 2.05) is 37.2 Å². The molecular weight excluding hydrogens is 270 g/mol. The summed E-state index contributed by atoms with van der Waals surface area (Å²) in [5.41, 5.74) is 0.931. The topological polar surface area (TPSA) is 62.8 Å². The maximum Gasteiger partial charge on any atom is 0.221 e. The quantitative estimate of drug-likeness (QED) is 0.783. The first-order valence-corrected chi connectivity index (χ1v) is 7.20. The number of carbonyl (C=O) groups is 1. The number of ether oxygens (including phenoxy) is 2. The predicted octanol–water partition coefficient (Wildman–Crippen LogP) is 0.938. The Labute approximate surface area is 125 Å². The van der Waals surface area contributed by atoms with E-state index in [9.17, 15) is 4.79 Å². The van der Waals surface area contributed by atoms with E-state index in [0.717, 1.165) is 23.7 Å². The first kappa shape index (κ1) is 15.4. The fourth-order valence-corrected chi connectivity index (χ4v) is 1.98. The zero-order chi connectivity index (χ0) is 15.1. The van der Waals surface area contributed by atoms with Crippen LogP contribution in [0.3, 0.4) is 0 Å². The Balaban J connectivity index is 1.70. The largest absolute Gasteiger partial charge is 0.486 e. The summed E-state index contributed by atoms with van der Waals surface area (Å²) in [6.07, 6.45) is 0.446. The zero-order valence-corrected chi connectivity index (χ0v) is 12.6. The highest BCUT2D eigenvalue weighted by molar-refractivity contribution is 5.76. The molecule has 0 aromatic heterocycles. The van der Waals surface area contributed by atoms with Gasteiger partial charge in [0.15, 0.2) is 11.5 Å². The minimum Gasteiger partial charge on any atom is -0.486 e. The molecule has 2 rings (SSSR count). The lowest BCUT2D eigenvalue weighted by Crippen LogP contribution is -2.32. The highest BCUT2D eigenvalue weighted by Gasteiger charge is 2.11. The average molecular weight is 293 g/mol. The maximum atomic E-state index is 11.6. The third-order valence-electron chi connectivity index (χ3n) is 3.10. The lowest BCUT2D eigenvalue weighted by atomic mass is 10.2. The number of benzene rings is 1. The van der Waals surface area contributed by atoms with Crippen LogP contribution in [0.2, 0.25) is 0 Å². The van der Waals surface area contributed by atoms with Crippen molar-refractivity contribution in [3.05, 3.63) is 18.2 Å². The van der Waals surface area contributed by atoms with Gasteiger partial charge >= 0.3 is 0 Å². The number of nitrogens with one attached hydrogen (secondary N) is 2. The van der Waals surface area contributed by atoms with Gasteiger partial charge in [-0.25, -0.2) is 0 Å². The molecule has 1 aromatic rings. The molecular formula is C15H23N3O3. The summed E-state index contributed by atoms with van der Waals surface area (Å²) in [6, 6.07) is 5.71. The molecule has 116 valence electrons. The van der Waals surface area contributed by atoms with Gasteiger partial charge in [-0.3, -0.25) is 4.79 Å². The number of rotatable bonds is 7.